The molecule has 2 N–H and O–H groups in total. The summed E-state index contributed by atoms with van der Waals surface area (Å²) in [6.45, 7) is 7.13. The first kappa shape index (κ1) is 14.5. The van der Waals surface area contributed by atoms with E-state index in [1.165, 1.54) is 0 Å². The van der Waals surface area contributed by atoms with Gasteiger partial charge in [0.15, 0.2) is 0 Å². The van der Waals surface area contributed by atoms with Gasteiger partial charge >= 0.3 is 0 Å². The second kappa shape index (κ2) is 5.63. The van der Waals surface area contributed by atoms with Crippen LogP contribution in [-0.2, 0) is 0 Å². The molecule has 1 aliphatic rings. The lowest BCUT2D eigenvalue weighted by molar-refractivity contribution is 0.220. The van der Waals surface area contributed by atoms with Gasteiger partial charge in [-0.25, -0.2) is 9.97 Å². The molecule has 19 heavy (non-hydrogen) atoms. The Balaban J connectivity index is 2.10. The molecule has 1 saturated carbocycles. The lowest BCUT2D eigenvalue weighted by Gasteiger charge is -2.24. The molecule has 0 saturated heterocycles. The molecular formula is C14H22ClN3O. The Labute approximate surface area is 119 Å². The van der Waals surface area contributed by atoms with E-state index in [1.807, 2.05) is 6.92 Å². The Kier molecular flexibility index (Phi) is 4.31. The molecule has 5 heteroatoms. The minimum atomic E-state index is 0.0262. The second-order valence-corrected chi connectivity index (χ2v) is 6.47. The van der Waals surface area contributed by atoms with Crippen molar-refractivity contribution in [3.05, 3.63) is 16.5 Å². The topological polar surface area (TPSA) is 58.0 Å². The highest BCUT2D eigenvalue weighted by Gasteiger charge is 2.28. The molecule has 106 valence electrons. The van der Waals surface area contributed by atoms with Crippen LogP contribution in [0.1, 0.15) is 50.4 Å². The summed E-state index contributed by atoms with van der Waals surface area (Å²) in [6, 6.07) is 0. The van der Waals surface area contributed by atoms with Crippen molar-refractivity contribution in [2.24, 2.45) is 5.41 Å². The second-order valence-electron chi connectivity index (χ2n) is 6.11. The van der Waals surface area contributed by atoms with E-state index in [1.54, 1.807) is 0 Å². The molecule has 0 atom stereocenters. The Morgan fingerprint density at radius 1 is 1.37 bits per heavy atom. The van der Waals surface area contributed by atoms with Crippen molar-refractivity contribution < 1.29 is 5.11 Å². The molecule has 0 aliphatic heterocycles. The number of aliphatic hydroxyl groups excluding tert-OH is 1. The maximum absolute atomic E-state index is 9.05. The first-order valence-corrected chi connectivity index (χ1v) is 7.19. The van der Waals surface area contributed by atoms with Crippen LogP contribution in [-0.4, -0.2) is 28.2 Å². The van der Waals surface area contributed by atoms with E-state index < -0.39 is 0 Å². The molecule has 0 amide bonds. The molecule has 1 aromatic rings. The van der Waals surface area contributed by atoms with Crippen molar-refractivity contribution in [3.8, 4) is 0 Å². The molecule has 0 aromatic carbocycles. The third-order valence-corrected chi connectivity index (χ3v) is 3.94. The number of aliphatic hydroxyl groups is 1. The minimum Gasteiger partial charge on any atom is -0.396 e. The quantitative estimate of drug-likeness (QED) is 0.788. The monoisotopic (exact) mass is 283 g/mol. The Hall–Kier alpha value is -0.870. The highest BCUT2D eigenvalue weighted by Crippen LogP contribution is 2.39. The van der Waals surface area contributed by atoms with Gasteiger partial charge in [0.25, 0.3) is 0 Å². The largest absolute Gasteiger partial charge is 0.396 e. The number of nitrogens with zero attached hydrogens (tertiary/aromatic N) is 2. The lowest BCUT2D eigenvalue weighted by Crippen LogP contribution is -2.25. The number of rotatable bonds is 6. The maximum atomic E-state index is 9.05. The number of halogens is 1. The molecular weight excluding hydrogens is 262 g/mol. The molecule has 1 heterocycles. The number of hydrogen-bond donors (Lipinski definition) is 2. The predicted octanol–water partition coefficient (Wildman–Crippen LogP) is 3.14. The van der Waals surface area contributed by atoms with E-state index in [0.29, 0.717) is 11.1 Å². The van der Waals surface area contributed by atoms with Gasteiger partial charge in [-0.15, -0.1) is 0 Å². The third kappa shape index (κ3) is 3.80. The zero-order valence-electron chi connectivity index (χ0n) is 11.8. The third-order valence-electron chi connectivity index (χ3n) is 3.57. The van der Waals surface area contributed by atoms with Gasteiger partial charge < -0.3 is 10.4 Å². The fourth-order valence-electron chi connectivity index (χ4n) is 1.92. The van der Waals surface area contributed by atoms with E-state index in [9.17, 15) is 0 Å². The molecule has 2 rings (SSSR count). The number of nitrogens with one attached hydrogen (secondary N) is 1. The van der Waals surface area contributed by atoms with Gasteiger partial charge in [-0.05, 0) is 31.6 Å². The Morgan fingerprint density at radius 3 is 2.63 bits per heavy atom. The van der Waals surface area contributed by atoms with E-state index >= 15 is 0 Å². The Morgan fingerprint density at radius 2 is 2.05 bits per heavy atom. The van der Waals surface area contributed by atoms with Crippen LogP contribution in [0.3, 0.4) is 0 Å². The summed E-state index contributed by atoms with van der Waals surface area (Å²) < 4.78 is 0. The Bertz CT molecular complexity index is 458. The summed E-state index contributed by atoms with van der Waals surface area (Å²) in [4.78, 5) is 8.94. The van der Waals surface area contributed by atoms with Crippen molar-refractivity contribution in [2.75, 3.05) is 18.5 Å². The van der Waals surface area contributed by atoms with Crippen LogP contribution in [0.4, 0.5) is 5.82 Å². The van der Waals surface area contributed by atoms with Gasteiger partial charge in [-0.2, -0.15) is 0 Å². The zero-order chi connectivity index (χ0) is 14.0. The van der Waals surface area contributed by atoms with Crippen LogP contribution >= 0.6 is 11.6 Å². The highest BCUT2D eigenvalue weighted by molar-refractivity contribution is 6.30. The van der Waals surface area contributed by atoms with E-state index in [-0.39, 0.29) is 12.0 Å². The van der Waals surface area contributed by atoms with Gasteiger partial charge in [0.2, 0.25) is 0 Å². The fourth-order valence-corrected chi connectivity index (χ4v) is 2.09. The number of anilines is 1. The average Bonchev–Trinajstić information content (AvgIpc) is 3.15. The number of hydrogen-bond acceptors (Lipinski definition) is 4. The van der Waals surface area contributed by atoms with Crippen LogP contribution < -0.4 is 5.32 Å². The number of aromatic nitrogens is 2. The van der Waals surface area contributed by atoms with Crippen LogP contribution in [0.25, 0.3) is 0 Å². The summed E-state index contributed by atoms with van der Waals surface area (Å²) >= 11 is 6.17. The molecule has 4 nitrogen and oxygen atoms in total. The summed E-state index contributed by atoms with van der Waals surface area (Å²) in [6.07, 6.45) is 3.08. The lowest BCUT2D eigenvalue weighted by atomic mass is 9.90. The highest BCUT2D eigenvalue weighted by atomic mass is 35.5. The summed E-state index contributed by atoms with van der Waals surface area (Å²) in [5.41, 5.74) is 0.920. The predicted molar refractivity (Wildman–Crippen MR) is 77.7 cm³/mol. The first-order chi connectivity index (χ1) is 8.93. The van der Waals surface area contributed by atoms with Gasteiger partial charge in [-0.1, -0.05) is 25.4 Å². The van der Waals surface area contributed by atoms with Crippen molar-refractivity contribution >= 4 is 17.4 Å². The van der Waals surface area contributed by atoms with Crippen molar-refractivity contribution in [1.29, 1.82) is 0 Å². The SMILES string of the molecule is Cc1c(Cl)nc(C2CC2)nc1NCC(C)(C)CCO. The molecule has 1 aromatic heterocycles. The van der Waals surface area contributed by atoms with Crippen LogP contribution in [0.2, 0.25) is 5.15 Å². The van der Waals surface area contributed by atoms with Crippen LogP contribution in [0, 0.1) is 12.3 Å². The average molecular weight is 284 g/mol. The molecule has 0 bridgehead atoms. The zero-order valence-corrected chi connectivity index (χ0v) is 12.6. The maximum Gasteiger partial charge on any atom is 0.137 e. The van der Waals surface area contributed by atoms with E-state index in [4.69, 9.17) is 16.7 Å². The van der Waals surface area contributed by atoms with Crippen molar-refractivity contribution in [1.82, 2.24) is 9.97 Å². The molecule has 0 unspecified atom stereocenters. The van der Waals surface area contributed by atoms with Crippen LogP contribution in [0.15, 0.2) is 0 Å². The van der Waals surface area contributed by atoms with E-state index in [0.717, 1.165) is 43.0 Å². The van der Waals surface area contributed by atoms with Gasteiger partial charge in [0.05, 0.1) is 0 Å². The van der Waals surface area contributed by atoms with E-state index in [2.05, 4.69) is 29.1 Å². The fraction of sp³-hybridized carbons (Fsp3) is 0.714. The standard InChI is InChI=1S/C14H22ClN3O/c1-9-11(15)17-13(10-4-5-10)18-12(9)16-8-14(2,3)6-7-19/h10,19H,4-8H2,1-3H3,(H,16,17,18). The molecule has 1 fully saturated rings. The molecule has 0 spiro atoms. The van der Waals surface area contributed by atoms with Gasteiger partial charge in [0.1, 0.15) is 16.8 Å². The molecule has 0 radical (unpaired) electrons. The summed E-state index contributed by atoms with van der Waals surface area (Å²) in [5, 5.41) is 12.9. The van der Waals surface area contributed by atoms with Crippen molar-refractivity contribution in [2.45, 2.75) is 46.0 Å². The van der Waals surface area contributed by atoms with Gasteiger partial charge in [-0.3, -0.25) is 0 Å². The summed E-state index contributed by atoms with van der Waals surface area (Å²) in [7, 11) is 0. The summed E-state index contributed by atoms with van der Waals surface area (Å²) in [5.74, 6) is 2.18. The van der Waals surface area contributed by atoms with Crippen LogP contribution in [0.5, 0.6) is 0 Å². The first-order valence-electron chi connectivity index (χ1n) is 6.82. The van der Waals surface area contributed by atoms with Gasteiger partial charge in [0, 0.05) is 24.6 Å². The molecule has 1 aliphatic carbocycles. The minimum absolute atomic E-state index is 0.0262. The van der Waals surface area contributed by atoms with Crippen molar-refractivity contribution in [3.63, 3.8) is 0 Å². The smallest absolute Gasteiger partial charge is 0.137 e. The normalized spacial score (nSPS) is 15.6.